The smallest absolute Gasteiger partial charge is 0.328 e. The molecule has 2 aliphatic rings. The van der Waals surface area contributed by atoms with E-state index in [0.29, 0.717) is 16.1 Å². The minimum absolute atomic E-state index is 0.150. The number of hydrogen-bond acceptors (Lipinski definition) is 7. The number of carbonyl (C=O) groups is 3. The van der Waals surface area contributed by atoms with Gasteiger partial charge in [0.2, 0.25) is 9.70 Å². The Hall–Kier alpha value is -1.72. The van der Waals surface area contributed by atoms with Crippen molar-refractivity contribution in [2.45, 2.75) is 33.4 Å². The number of carbonyl (C=O) groups excluding carboxylic acids is 3. The number of fused-ring (bicyclic) bond motifs is 2. The lowest BCUT2D eigenvalue weighted by Gasteiger charge is -2.41. The number of esters is 1. The number of alkyl halides is 3. The lowest BCUT2D eigenvalue weighted by atomic mass is 10.0. The predicted molar refractivity (Wildman–Crippen MR) is 121 cm³/mol. The van der Waals surface area contributed by atoms with Crippen LogP contribution >= 0.6 is 58.2 Å². The summed E-state index contributed by atoms with van der Waals surface area (Å²) in [7, 11) is 0. The number of β-lactam (4-membered cyclic amide) rings is 1. The summed E-state index contributed by atoms with van der Waals surface area (Å²) in [6.07, 6.45) is 0. The van der Waals surface area contributed by atoms with Crippen LogP contribution < -0.4 is 5.32 Å². The molecule has 9 nitrogen and oxygen atoms in total. The van der Waals surface area contributed by atoms with E-state index in [2.05, 4.69) is 22.2 Å². The average molecular weight is 539 g/mol. The van der Waals surface area contributed by atoms with Gasteiger partial charge in [0.1, 0.15) is 30.1 Å². The molecule has 0 saturated carbocycles. The van der Waals surface area contributed by atoms with E-state index < -0.39 is 38.4 Å². The molecule has 2 amide bonds. The largest absolute Gasteiger partial charge is 0.460 e. The van der Waals surface area contributed by atoms with E-state index >= 15 is 0 Å². The van der Waals surface area contributed by atoms with Crippen LogP contribution in [0.3, 0.4) is 0 Å². The number of nitrogens with one attached hydrogen (secondary N) is 1. The first-order chi connectivity index (χ1) is 14.9. The second-order valence-corrected chi connectivity index (χ2v) is 11.8. The second-order valence-electron chi connectivity index (χ2n) is 7.31. The van der Waals surface area contributed by atoms with Crippen molar-refractivity contribution in [1.82, 2.24) is 25.2 Å². The van der Waals surface area contributed by atoms with E-state index in [-0.39, 0.29) is 18.1 Å². The summed E-state index contributed by atoms with van der Waals surface area (Å²) >= 11 is 24.0. The van der Waals surface area contributed by atoms with Crippen LogP contribution in [-0.4, -0.2) is 64.2 Å². The Bertz CT molecular complexity index is 1150. The predicted octanol–water partition coefficient (Wildman–Crippen LogP) is 2.67. The van der Waals surface area contributed by atoms with Gasteiger partial charge in [0.05, 0.1) is 5.52 Å². The van der Waals surface area contributed by atoms with Crippen LogP contribution in [0, 0.1) is 0 Å². The van der Waals surface area contributed by atoms with Gasteiger partial charge in [-0.25, -0.2) is 4.68 Å². The highest BCUT2D eigenvalue weighted by molar-refractivity contribution is 8.02. The van der Waals surface area contributed by atoms with Crippen LogP contribution in [0.2, 0.25) is 5.02 Å². The van der Waals surface area contributed by atoms with Gasteiger partial charge >= 0.3 is 5.97 Å². The van der Waals surface area contributed by atoms with Gasteiger partial charge in [-0.2, -0.15) is 0 Å². The molecule has 3 atom stereocenters. The van der Waals surface area contributed by atoms with Crippen molar-refractivity contribution in [3.8, 4) is 0 Å². The normalized spacial score (nSPS) is 25.0. The maximum Gasteiger partial charge on any atom is 0.328 e. The summed E-state index contributed by atoms with van der Waals surface area (Å²) in [6, 6.07) is 4.16. The number of nitrogens with zero attached hydrogens (tertiary/aromatic N) is 4. The molecule has 0 radical (unpaired) electrons. The van der Waals surface area contributed by atoms with Gasteiger partial charge in [-0.3, -0.25) is 19.3 Å². The molecule has 170 valence electrons. The number of benzene rings is 1. The molecule has 0 spiro atoms. The van der Waals surface area contributed by atoms with Crippen LogP contribution in [0.15, 0.2) is 30.5 Å². The summed E-state index contributed by atoms with van der Waals surface area (Å²) in [6.45, 7) is 4.83. The van der Waals surface area contributed by atoms with Crippen LogP contribution in [0.1, 0.15) is 6.92 Å². The quantitative estimate of drug-likeness (QED) is 0.354. The van der Waals surface area contributed by atoms with Crippen LogP contribution in [0.25, 0.3) is 11.0 Å². The first-order valence-electron chi connectivity index (χ1n) is 9.13. The maximum absolute atomic E-state index is 12.6. The summed E-state index contributed by atoms with van der Waals surface area (Å²) in [5.74, 6) is -1.52. The van der Waals surface area contributed by atoms with Gasteiger partial charge < -0.3 is 10.1 Å². The molecule has 2 saturated heterocycles. The molecular formula is C18H15Cl4N5O4S. The fraction of sp³-hybridized carbons (Fsp3) is 0.389. The van der Waals surface area contributed by atoms with E-state index in [1.807, 2.05) is 0 Å². The zero-order chi connectivity index (χ0) is 23.4. The summed E-state index contributed by atoms with van der Waals surface area (Å²) in [5.41, 5.74) is 1.42. The minimum atomic E-state index is -1.76. The number of aromatic nitrogens is 3. The number of ether oxygens (including phenoxy) is 1. The average Bonchev–Trinajstić information content (AvgIpc) is 3.20. The van der Waals surface area contributed by atoms with E-state index in [0.717, 1.165) is 11.8 Å². The molecule has 1 aromatic heterocycles. The van der Waals surface area contributed by atoms with Gasteiger partial charge in [0.15, 0.2) is 4.75 Å². The summed E-state index contributed by atoms with van der Waals surface area (Å²) in [4.78, 5) is 39.2. The summed E-state index contributed by atoms with van der Waals surface area (Å²) in [5, 5.41) is 10.6. The van der Waals surface area contributed by atoms with Gasteiger partial charge in [-0.05, 0) is 25.1 Å². The van der Waals surface area contributed by atoms with Crippen molar-refractivity contribution in [2.75, 3.05) is 6.61 Å². The lowest BCUT2D eigenvalue weighted by molar-refractivity contribution is -0.147. The number of thioether (sulfide) groups is 1. The highest BCUT2D eigenvalue weighted by atomic mass is 35.6. The van der Waals surface area contributed by atoms with Crippen molar-refractivity contribution >= 4 is 87.0 Å². The van der Waals surface area contributed by atoms with Gasteiger partial charge in [-0.15, -0.1) is 16.9 Å². The second kappa shape index (κ2) is 8.25. The molecule has 1 N–H and O–H groups in total. The molecule has 4 rings (SSSR count). The molecule has 32 heavy (non-hydrogen) atoms. The van der Waals surface area contributed by atoms with Gasteiger partial charge in [0.25, 0.3) is 5.91 Å². The monoisotopic (exact) mass is 537 g/mol. The Morgan fingerprint density at radius 3 is 2.78 bits per heavy atom. The van der Waals surface area contributed by atoms with Gasteiger partial charge in [0, 0.05) is 10.7 Å². The third-order valence-electron chi connectivity index (χ3n) is 5.08. The Morgan fingerprint density at radius 1 is 1.38 bits per heavy atom. The Kier molecular flexibility index (Phi) is 6.04. The Labute approximate surface area is 206 Å². The highest BCUT2D eigenvalue weighted by Gasteiger charge is 2.63. The Balaban J connectivity index is 1.42. The van der Waals surface area contributed by atoms with E-state index in [1.165, 1.54) is 9.58 Å². The highest BCUT2D eigenvalue weighted by Crippen LogP contribution is 2.53. The molecule has 0 bridgehead atoms. The third-order valence-corrected chi connectivity index (χ3v) is 7.24. The zero-order valence-corrected chi connectivity index (χ0v) is 20.2. The minimum Gasteiger partial charge on any atom is -0.460 e. The van der Waals surface area contributed by atoms with Crippen molar-refractivity contribution in [2.24, 2.45) is 0 Å². The fourth-order valence-corrected chi connectivity index (χ4v) is 5.27. The topological polar surface area (TPSA) is 106 Å². The van der Waals surface area contributed by atoms with Crippen molar-refractivity contribution in [3.63, 3.8) is 0 Å². The number of halogens is 4. The molecule has 2 unspecified atom stereocenters. The maximum atomic E-state index is 12.6. The third kappa shape index (κ3) is 4.14. The van der Waals surface area contributed by atoms with E-state index in [9.17, 15) is 14.4 Å². The Morgan fingerprint density at radius 2 is 2.09 bits per heavy atom. The van der Waals surface area contributed by atoms with Gasteiger partial charge in [-0.1, -0.05) is 58.2 Å². The van der Waals surface area contributed by atoms with Crippen molar-refractivity contribution in [3.05, 3.63) is 35.5 Å². The lowest BCUT2D eigenvalue weighted by Crippen LogP contribution is -2.67. The first kappa shape index (κ1) is 23.4. The molecule has 2 fully saturated rings. The number of rotatable bonds is 5. The van der Waals surface area contributed by atoms with Crippen molar-refractivity contribution in [1.29, 1.82) is 0 Å². The molecule has 3 heterocycles. The first-order valence-corrected chi connectivity index (χ1v) is 11.5. The van der Waals surface area contributed by atoms with Crippen molar-refractivity contribution < 1.29 is 19.1 Å². The SMILES string of the molecule is C=C1N2C(=O)C(NC(=O)Cn3nnc4cc(Cl)ccc43)[C@H]2SC1(C)C(=O)OCC(Cl)(Cl)Cl. The molecule has 2 aromatic rings. The molecule has 2 aliphatic heterocycles. The molecule has 14 heteroatoms. The van der Waals surface area contributed by atoms with E-state index in [4.69, 9.17) is 51.1 Å². The van der Waals surface area contributed by atoms with Crippen LogP contribution in [0.5, 0.6) is 0 Å². The standard InChI is InChI=1S/C18H15Cl4N5O4S/c1-8-17(2,16(30)31-7-18(20,21)22)32-15-13(14(29)27(8)15)23-12(28)6-26-11-4-3-9(19)5-10(11)24-25-26/h3-5,13,15H,1,6-7H2,2H3,(H,23,28)/t13?,15-,17?/m1/s1. The fourth-order valence-electron chi connectivity index (χ4n) is 3.41. The van der Waals surface area contributed by atoms with Crippen LogP contribution in [0.4, 0.5) is 0 Å². The zero-order valence-electron chi connectivity index (χ0n) is 16.4. The number of amides is 2. The van der Waals surface area contributed by atoms with Crippen LogP contribution in [-0.2, 0) is 25.7 Å². The number of hydrogen-bond donors (Lipinski definition) is 1. The van der Waals surface area contributed by atoms with E-state index in [1.54, 1.807) is 25.1 Å². The molecule has 0 aliphatic carbocycles. The molecular weight excluding hydrogens is 524 g/mol. The summed E-state index contributed by atoms with van der Waals surface area (Å²) < 4.78 is 3.46. The molecule has 1 aromatic carbocycles.